The highest BCUT2D eigenvalue weighted by atomic mass is 16.2. The summed E-state index contributed by atoms with van der Waals surface area (Å²) in [5.41, 5.74) is 0.593. The molecule has 0 saturated heterocycles. The van der Waals surface area contributed by atoms with Crippen LogP contribution in [0.5, 0.6) is 0 Å². The van der Waals surface area contributed by atoms with Crippen molar-refractivity contribution in [2.45, 2.75) is 37.8 Å². The molecule has 0 heterocycles. The van der Waals surface area contributed by atoms with Crippen LogP contribution in [-0.2, 0) is 11.3 Å². The zero-order valence-corrected chi connectivity index (χ0v) is 14.1. The van der Waals surface area contributed by atoms with Crippen LogP contribution < -0.4 is 10.2 Å². The average molecular weight is 322 g/mol. The molecule has 1 aliphatic carbocycles. The number of likely N-dealkylation sites (N-methyl/N-ethyl adjacent to an activating group) is 1. The third-order valence-corrected chi connectivity index (χ3v) is 4.83. The van der Waals surface area contributed by atoms with E-state index in [9.17, 15) is 10.1 Å². The molecule has 1 aliphatic rings. The molecule has 24 heavy (non-hydrogen) atoms. The zero-order chi connectivity index (χ0) is 17.0. The normalized spacial score (nSPS) is 17.3. The Morgan fingerprint density at radius 1 is 1.21 bits per heavy atom. The van der Waals surface area contributed by atoms with E-state index in [1.807, 2.05) is 19.2 Å². The van der Waals surface area contributed by atoms with Crippen molar-refractivity contribution in [3.63, 3.8) is 0 Å². The second-order valence-electron chi connectivity index (χ2n) is 6.94. The Morgan fingerprint density at radius 2 is 1.92 bits per heavy atom. The van der Waals surface area contributed by atoms with Crippen LogP contribution >= 0.6 is 0 Å². The quantitative estimate of drug-likeness (QED) is 0.882. The molecule has 0 radical (unpaired) electrons. The summed E-state index contributed by atoms with van der Waals surface area (Å²) in [6.07, 6.45) is 3.60. The number of quaternary nitrogens is 1. The smallest absolute Gasteiger partial charge is 0.276 e. The van der Waals surface area contributed by atoms with Crippen LogP contribution in [0.25, 0.3) is 10.8 Å². The maximum Gasteiger partial charge on any atom is 0.276 e. The monoisotopic (exact) mass is 322 g/mol. The summed E-state index contributed by atoms with van der Waals surface area (Å²) < 4.78 is 0. The molecule has 0 aliphatic heterocycles. The lowest BCUT2D eigenvalue weighted by Gasteiger charge is -2.23. The molecule has 4 heteroatoms. The van der Waals surface area contributed by atoms with E-state index in [4.69, 9.17) is 0 Å². The minimum Gasteiger partial charge on any atom is -0.333 e. The van der Waals surface area contributed by atoms with Gasteiger partial charge in [-0.25, -0.2) is 0 Å². The number of nitrogens with zero attached hydrogens (tertiary/aromatic N) is 1. The Kier molecular flexibility index (Phi) is 4.82. The summed E-state index contributed by atoms with van der Waals surface area (Å²) in [6, 6.07) is 17.0. The number of hydrogen-bond donors (Lipinski definition) is 2. The first-order valence-electron chi connectivity index (χ1n) is 8.61. The molecule has 1 unspecified atom stereocenters. The fraction of sp³-hybridized carbons (Fsp3) is 0.400. The number of nitriles is 1. The molecule has 1 amide bonds. The molecule has 124 valence electrons. The fourth-order valence-electron chi connectivity index (χ4n) is 3.59. The fourth-order valence-corrected chi connectivity index (χ4v) is 3.59. The number of carbonyl (C=O) groups is 1. The molecule has 0 aromatic heterocycles. The highest BCUT2D eigenvalue weighted by Gasteiger charge is 2.35. The molecule has 0 spiro atoms. The van der Waals surface area contributed by atoms with Crippen LogP contribution in [0.3, 0.4) is 0 Å². The molecule has 1 fully saturated rings. The van der Waals surface area contributed by atoms with Gasteiger partial charge in [-0.15, -0.1) is 0 Å². The maximum absolute atomic E-state index is 12.3. The average Bonchev–Trinajstić information content (AvgIpc) is 3.03. The van der Waals surface area contributed by atoms with Gasteiger partial charge in [0.2, 0.25) is 0 Å². The van der Waals surface area contributed by atoms with Crippen molar-refractivity contribution < 1.29 is 9.69 Å². The first-order chi connectivity index (χ1) is 11.6. The first-order valence-corrected chi connectivity index (χ1v) is 8.61. The van der Waals surface area contributed by atoms with Gasteiger partial charge in [0, 0.05) is 5.56 Å². The highest BCUT2D eigenvalue weighted by Crippen LogP contribution is 2.28. The minimum absolute atomic E-state index is 0.0308. The molecule has 3 rings (SSSR count). The molecular weight excluding hydrogens is 298 g/mol. The van der Waals surface area contributed by atoms with E-state index in [1.54, 1.807) is 0 Å². The van der Waals surface area contributed by atoms with Gasteiger partial charge in [0.25, 0.3) is 5.91 Å². The molecule has 1 atom stereocenters. The molecule has 0 bridgehead atoms. The second kappa shape index (κ2) is 7.02. The van der Waals surface area contributed by atoms with Gasteiger partial charge in [-0.1, -0.05) is 36.4 Å². The lowest BCUT2D eigenvalue weighted by Crippen LogP contribution is -3.09. The predicted octanol–water partition coefficient (Wildman–Crippen LogP) is 1.81. The molecule has 4 nitrogen and oxygen atoms in total. The summed E-state index contributed by atoms with van der Waals surface area (Å²) in [7, 11) is 2.02. The number of hydrogen-bond acceptors (Lipinski definition) is 2. The van der Waals surface area contributed by atoms with E-state index in [0.29, 0.717) is 6.54 Å². The van der Waals surface area contributed by atoms with Crippen molar-refractivity contribution in [1.29, 1.82) is 5.26 Å². The number of amides is 1. The standard InChI is InChI=1S/C20H23N3O/c1-23(14-19(24)22-20(15-21)10-4-5-11-20)13-16-8-9-17-6-2-3-7-18(17)12-16/h2-3,6-9,12H,4-5,10-11,13-14H2,1H3,(H,22,24)/p+1. The number of carbonyl (C=O) groups excluding carboxylic acids is 1. The van der Waals surface area contributed by atoms with Crippen LogP contribution in [0.4, 0.5) is 0 Å². The Hall–Kier alpha value is -2.38. The molecular formula is C20H24N3O+. The third kappa shape index (κ3) is 3.74. The van der Waals surface area contributed by atoms with Crippen LogP contribution in [0.1, 0.15) is 31.2 Å². The van der Waals surface area contributed by atoms with Crippen molar-refractivity contribution in [3.05, 3.63) is 48.0 Å². The maximum atomic E-state index is 12.3. The SMILES string of the molecule is C[NH+](CC(=O)NC1(C#N)CCCC1)Cc1ccc2ccccc2c1. The number of rotatable bonds is 5. The number of fused-ring (bicyclic) bond motifs is 1. The zero-order valence-electron chi connectivity index (χ0n) is 14.1. The van der Waals surface area contributed by atoms with Gasteiger partial charge < -0.3 is 10.2 Å². The summed E-state index contributed by atoms with van der Waals surface area (Å²) in [5.74, 6) is -0.0308. The van der Waals surface area contributed by atoms with Gasteiger partial charge in [0.15, 0.2) is 6.54 Å². The van der Waals surface area contributed by atoms with Gasteiger partial charge in [-0.05, 0) is 42.5 Å². The van der Waals surface area contributed by atoms with Crippen LogP contribution in [0, 0.1) is 11.3 Å². The first kappa shape index (κ1) is 16.5. The summed E-state index contributed by atoms with van der Waals surface area (Å²) >= 11 is 0. The lowest BCUT2D eigenvalue weighted by atomic mass is 10.00. The topological polar surface area (TPSA) is 57.3 Å². The van der Waals surface area contributed by atoms with Crippen molar-refractivity contribution in [2.75, 3.05) is 13.6 Å². The van der Waals surface area contributed by atoms with Crippen molar-refractivity contribution >= 4 is 16.7 Å². The predicted molar refractivity (Wildman–Crippen MR) is 94.4 cm³/mol. The minimum atomic E-state index is -0.625. The number of benzene rings is 2. The van der Waals surface area contributed by atoms with Gasteiger partial charge >= 0.3 is 0 Å². The Bertz CT molecular complexity index is 772. The van der Waals surface area contributed by atoms with Gasteiger partial charge in [-0.3, -0.25) is 4.79 Å². The van der Waals surface area contributed by atoms with Crippen LogP contribution in [0.2, 0.25) is 0 Å². The van der Waals surface area contributed by atoms with E-state index >= 15 is 0 Å². The van der Waals surface area contributed by atoms with Gasteiger partial charge in [0.05, 0.1) is 13.1 Å². The van der Waals surface area contributed by atoms with E-state index in [0.717, 1.165) is 37.1 Å². The Balaban J connectivity index is 1.59. The van der Waals surface area contributed by atoms with E-state index < -0.39 is 5.54 Å². The highest BCUT2D eigenvalue weighted by molar-refractivity contribution is 5.83. The van der Waals surface area contributed by atoms with E-state index in [-0.39, 0.29) is 5.91 Å². The van der Waals surface area contributed by atoms with E-state index in [1.165, 1.54) is 16.3 Å². The second-order valence-corrected chi connectivity index (χ2v) is 6.94. The Morgan fingerprint density at radius 3 is 2.62 bits per heavy atom. The molecule has 2 aromatic carbocycles. The van der Waals surface area contributed by atoms with Crippen molar-refractivity contribution in [1.82, 2.24) is 5.32 Å². The molecule has 1 saturated carbocycles. The van der Waals surface area contributed by atoms with Crippen LogP contribution in [-0.4, -0.2) is 25.0 Å². The summed E-state index contributed by atoms with van der Waals surface area (Å²) in [6.45, 7) is 1.17. The van der Waals surface area contributed by atoms with E-state index in [2.05, 4.69) is 41.7 Å². The molecule has 2 aromatic rings. The summed E-state index contributed by atoms with van der Waals surface area (Å²) in [4.78, 5) is 13.4. The summed E-state index contributed by atoms with van der Waals surface area (Å²) in [5, 5.41) is 14.8. The van der Waals surface area contributed by atoms with Gasteiger partial charge in [0.1, 0.15) is 12.1 Å². The Labute approximate surface area is 143 Å². The third-order valence-electron chi connectivity index (χ3n) is 4.83. The van der Waals surface area contributed by atoms with Crippen molar-refractivity contribution in [3.8, 4) is 6.07 Å². The van der Waals surface area contributed by atoms with Crippen LogP contribution in [0.15, 0.2) is 42.5 Å². The number of nitrogens with one attached hydrogen (secondary N) is 2. The van der Waals surface area contributed by atoms with Gasteiger partial charge in [-0.2, -0.15) is 5.26 Å². The molecule has 2 N–H and O–H groups in total. The lowest BCUT2D eigenvalue weighted by molar-refractivity contribution is -0.885. The largest absolute Gasteiger partial charge is 0.333 e. The van der Waals surface area contributed by atoms with Crippen molar-refractivity contribution in [2.24, 2.45) is 0 Å².